The molecule has 0 spiro atoms. The van der Waals surface area contributed by atoms with E-state index in [2.05, 4.69) is 9.88 Å². The number of hydrogen-bond donors (Lipinski definition) is 1. The molecule has 5 rings (SSSR count). The quantitative estimate of drug-likeness (QED) is 0.207. The van der Waals surface area contributed by atoms with Crippen LogP contribution in [0.3, 0.4) is 0 Å². The van der Waals surface area contributed by atoms with Crippen LogP contribution in [0.5, 0.6) is 5.75 Å². The summed E-state index contributed by atoms with van der Waals surface area (Å²) in [4.78, 5) is 38.9. The first-order chi connectivity index (χ1) is 17.5. The van der Waals surface area contributed by atoms with Crippen LogP contribution in [0.4, 0.5) is 4.79 Å². The van der Waals surface area contributed by atoms with Crippen molar-refractivity contribution in [1.82, 2.24) is 14.8 Å². The van der Waals surface area contributed by atoms with Crippen molar-refractivity contribution in [3.05, 3.63) is 95.0 Å². The predicted molar refractivity (Wildman–Crippen MR) is 134 cm³/mol. The topological polar surface area (TPSA) is 93.8 Å². The number of aromatic nitrogens is 1. The Kier molecular flexibility index (Phi) is 6.60. The number of carbonyl (C=O) groups is 3. The minimum absolute atomic E-state index is 0.0739. The zero-order chi connectivity index (χ0) is 25.1. The van der Waals surface area contributed by atoms with E-state index in [1.165, 1.54) is 12.3 Å². The lowest BCUT2D eigenvalue weighted by Gasteiger charge is -2.25. The number of urea groups is 1. The molecule has 1 saturated heterocycles. The van der Waals surface area contributed by atoms with Crippen LogP contribution in [0.2, 0.25) is 5.02 Å². The zero-order valence-electron chi connectivity index (χ0n) is 19.1. The minimum atomic E-state index is -0.778. The van der Waals surface area contributed by atoms with E-state index in [1.807, 2.05) is 48.7 Å². The molecule has 0 aliphatic carbocycles. The van der Waals surface area contributed by atoms with Crippen molar-refractivity contribution < 1.29 is 23.5 Å². The lowest BCUT2D eigenvalue weighted by atomic mass is 10.1. The normalized spacial score (nSPS) is 15.1. The maximum Gasteiger partial charge on any atom is 0.331 e. The van der Waals surface area contributed by atoms with E-state index in [0.29, 0.717) is 41.7 Å². The highest BCUT2D eigenvalue weighted by Gasteiger charge is 2.36. The summed E-state index contributed by atoms with van der Waals surface area (Å²) in [6, 6.07) is 17.6. The third-order valence-electron chi connectivity index (χ3n) is 5.84. The number of hydrogen-bond acceptors (Lipinski definition) is 5. The van der Waals surface area contributed by atoms with Gasteiger partial charge >= 0.3 is 6.03 Å². The number of ether oxygens (including phenoxy) is 1. The van der Waals surface area contributed by atoms with Crippen LogP contribution in [0, 0.1) is 0 Å². The van der Waals surface area contributed by atoms with E-state index in [0.717, 1.165) is 15.8 Å². The standard InChI is InChI=1S/C27H22ClN3O5/c28-22-9-2-4-11-24(22)36-14-6-12-30-16-18(20-8-1-3-10-23(20)30)15-21-25(32)29-27(34)31(26(21)33)17-19-7-5-13-35-19/h1-5,7-11,13,15-16H,6,12,14,17H2,(H,29,32,34)/b21-15+. The van der Waals surface area contributed by atoms with Gasteiger partial charge in [-0.05, 0) is 42.8 Å². The molecule has 0 bridgehead atoms. The molecule has 1 aliphatic heterocycles. The van der Waals surface area contributed by atoms with Gasteiger partial charge in [0.1, 0.15) is 17.1 Å². The summed E-state index contributed by atoms with van der Waals surface area (Å²) in [6.45, 7) is 1.05. The first kappa shape index (κ1) is 23.4. The van der Waals surface area contributed by atoms with E-state index < -0.39 is 17.8 Å². The van der Waals surface area contributed by atoms with Gasteiger partial charge in [-0.3, -0.25) is 19.8 Å². The number of imide groups is 2. The van der Waals surface area contributed by atoms with Crippen LogP contribution >= 0.6 is 11.6 Å². The number of fused-ring (bicyclic) bond motifs is 1. The summed E-state index contributed by atoms with van der Waals surface area (Å²) in [5.41, 5.74) is 1.53. The number of benzene rings is 2. The fraction of sp³-hybridized carbons (Fsp3) is 0.148. The molecule has 4 amide bonds. The molecule has 0 atom stereocenters. The maximum absolute atomic E-state index is 13.1. The van der Waals surface area contributed by atoms with Crippen molar-refractivity contribution in [3.8, 4) is 5.75 Å². The Hall–Kier alpha value is -4.30. The number of nitrogens with zero attached hydrogens (tertiary/aromatic N) is 2. The van der Waals surface area contributed by atoms with Gasteiger partial charge in [0.2, 0.25) is 0 Å². The zero-order valence-corrected chi connectivity index (χ0v) is 19.9. The fourth-order valence-corrected chi connectivity index (χ4v) is 4.30. The average molecular weight is 504 g/mol. The molecule has 3 heterocycles. The minimum Gasteiger partial charge on any atom is -0.492 e. The number of barbiturate groups is 1. The first-order valence-electron chi connectivity index (χ1n) is 11.4. The highest BCUT2D eigenvalue weighted by atomic mass is 35.5. The molecule has 4 aromatic rings. The van der Waals surface area contributed by atoms with E-state index in [-0.39, 0.29) is 12.1 Å². The lowest BCUT2D eigenvalue weighted by molar-refractivity contribution is -0.130. The second kappa shape index (κ2) is 10.1. The van der Waals surface area contributed by atoms with E-state index >= 15 is 0 Å². The summed E-state index contributed by atoms with van der Waals surface area (Å²) in [7, 11) is 0. The van der Waals surface area contributed by atoms with Crippen LogP contribution < -0.4 is 10.1 Å². The Morgan fingerprint density at radius 1 is 1.00 bits per heavy atom. The smallest absolute Gasteiger partial charge is 0.331 e. The van der Waals surface area contributed by atoms with Gasteiger partial charge in [-0.15, -0.1) is 0 Å². The molecule has 2 aromatic heterocycles. The Balaban J connectivity index is 1.37. The van der Waals surface area contributed by atoms with Crippen LogP contribution in [0.1, 0.15) is 17.7 Å². The summed E-state index contributed by atoms with van der Waals surface area (Å²) in [5, 5.41) is 3.69. The molecular weight excluding hydrogens is 482 g/mol. The molecular formula is C27H22ClN3O5. The van der Waals surface area contributed by atoms with Gasteiger partial charge in [0.25, 0.3) is 11.8 Å². The van der Waals surface area contributed by atoms with E-state index in [4.69, 9.17) is 20.8 Å². The maximum atomic E-state index is 13.1. The second-order valence-corrected chi connectivity index (χ2v) is 8.62. The van der Waals surface area contributed by atoms with Crippen LogP contribution in [-0.4, -0.2) is 33.9 Å². The molecule has 182 valence electrons. The van der Waals surface area contributed by atoms with Crippen molar-refractivity contribution in [2.75, 3.05) is 6.61 Å². The summed E-state index contributed by atoms with van der Waals surface area (Å²) in [6.07, 6.45) is 5.59. The summed E-state index contributed by atoms with van der Waals surface area (Å²) < 4.78 is 13.1. The average Bonchev–Trinajstić information content (AvgIpc) is 3.51. The Labute approximate surface area is 211 Å². The molecule has 0 radical (unpaired) electrons. The molecule has 9 heteroatoms. The molecule has 1 aliphatic rings. The molecule has 0 saturated carbocycles. The number of furan rings is 1. The van der Waals surface area contributed by atoms with Gasteiger partial charge in [0, 0.05) is 29.2 Å². The van der Waals surface area contributed by atoms with Crippen molar-refractivity contribution in [2.24, 2.45) is 0 Å². The van der Waals surface area contributed by atoms with Crippen LogP contribution in [-0.2, 0) is 22.7 Å². The monoisotopic (exact) mass is 503 g/mol. The number of para-hydroxylation sites is 2. The highest BCUT2D eigenvalue weighted by molar-refractivity contribution is 6.32. The molecule has 1 fully saturated rings. The second-order valence-electron chi connectivity index (χ2n) is 8.22. The molecule has 2 aromatic carbocycles. The number of rotatable bonds is 8. The number of aryl methyl sites for hydroxylation is 1. The van der Waals surface area contributed by atoms with Gasteiger partial charge < -0.3 is 13.7 Å². The van der Waals surface area contributed by atoms with Gasteiger partial charge in [-0.25, -0.2) is 4.79 Å². The number of nitrogens with one attached hydrogen (secondary N) is 1. The number of amides is 4. The largest absolute Gasteiger partial charge is 0.492 e. The highest BCUT2D eigenvalue weighted by Crippen LogP contribution is 2.26. The number of halogens is 1. The molecule has 8 nitrogen and oxygen atoms in total. The molecule has 1 N–H and O–H groups in total. The van der Waals surface area contributed by atoms with Crippen LogP contribution in [0.25, 0.3) is 17.0 Å². The molecule has 36 heavy (non-hydrogen) atoms. The van der Waals surface area contributed by atoms with E-state index in [9.17, 15) is 14.4 Å². The van der Waals surface area contributed by atoms with E-state index in [1.54, 1.807) is 18.2 Å². The van der Waals surface area contributed by atoms with Gasteiger partial charge in [-0.2, -0.15) is 0 Å². The van der Waals surface area contributed by atoms with Crippen molar-refractivity contribution in [1.29, 1.82) is 0 Å². The van der Waals surface area contributed by atoms with Crippen LogP contribution in [0.15, 0.2) is 83.1 Å². The Bertz CT molecular complexity index is 1470. The van der Waals surface area contributed by atoms with Crippen molar-refractivity contribution >= 4 is 46.4 Å². The first-order valence-corrected chi connectivity index (χ1v) is 11.8. The number of carbonyl (C=O) groups excluding carboxylic acids is 3. The predicted octanol–water partition coefficient (Wildman–Crippen LogP) is 5.02. The lowest BCUT2D eigenvalue weighted by Crippen LogP contribution is -2.53. The summed E-state index contributed by atoms with van der Waals surface area (Å²) >= 11 is 6.15. The summed E-state index contributed by atoms with van der Waals surface area (Å²) in [5.74, 6) is -0.337. The molecule has 0 unspecified atom stereocenters. The van der Waals surface area contributed by atoms with Gasteiger partial charge in [0.05, 0.1) is 24.4 Å². The fourth-order valence-electron chi connectivity index (χ4n) is 4.11. The van der Waals surface area contributed by atoms with Crippen molar-refractivity contribution in [3.63, 3.8) is 0 Å². The Morgan fingerprint density at radius 2 is 1.81 bits per heavy atom. The third kappa shape index (κ3) is 4.76. The SMILES string of the molecule is O=C1NC(=O)N(Cc2ccco2)C(=O)/C1=C/c1cn(CCCOc2ccccc2Cl)c2ccccc12. The van der Waals surface area contributed by atoms with Gasteiger partial charge in [0.15, 0.2) is 0 Å². The third-order valence-corrected chi connectivity index (χ3v) is 6.15. The Morgan fingerprint density at radius 3 is 2.61 bits per heavy atom. The van der Waals surface area contributed by atoms with Gasteiger partial charge in [-0.1, -0.05) is 41.9 Å². The van der Waals surface area contributed by atoms with Crippen molar-refractivity contribution in [2.45, 2.75) is 19.5 Å².